The largest absolute Gasteiger partial charge is 0.490 e. The van der Waals surface area contributed by atoms with Crippen molar-refractivity contribution in [2.24, 2.45) is 5.10 Å². The van der Waals surface area contributed by atoms with Gasteiger partial charge in [0.05, 0.1) is 12.8 Å². The van der Waals surface area contributed by atoms with Crippen molar-refractivity contribution in [3.05, 3.63) is 94.5 Å². The summed E-state index contributed by atoms with van der Waals surface area (Å²) in [5, 5.41) is 7.81. The first kappa shape index (κ1) is 23.3. The fourth-order valence-electron chi connectivity index (χ4n) is 3.09. The molecule has 0 saturated heterocycles. The predicted octanol–water partition coefficient (Wildman–Crippen LogP) is 5.28. The average molecular weight is 448 g/mol. The third-order valence-electron chi connectivity index (χ3n) is 4.83. The smallest absolute Gasteiger partial charge is 0.187 e. The van der Waals surface area contributed by atoms with Gasteiger partial charge >= 0.3 is 0 Å². The third kappa shape index (κ3) is 7.10. The molecule has 0 radical (unpaired) electrons. The monoisotopic (exact) mass is 447 g/mol. The van der Waals surface area contributed by atoms with E-state index in [2.05, 4.69) is 47.9 Å². The second-order valence-corrected chi connectivity index (χ2v) is 7.80. The van der Waals surface area contributed by atoms with Gasteiger partial charge in [0.15, 0.2) is 16.6 Å². The number of hydrazone groups is 1. The van der Waals surface area contributed by atoms with Crippen LogP contribution in [0.4, 0.5) is 0 Å². The molecule has 0 aliphatic rings. The molecule has 3 rings (SSSR count). The van der Waals surface area contributed by atoms with E-state index in [1.165, 1.54) is 16.7 Å². The van der Waals surface area contributed by atoms with Gasteiger partial charge in [0, 0.05) is 6.54 Å². The molecule has 6 heteroatoms. The fraction of sp³-hybridized carbons (Fsp3) is 0.231. The highest BCUT2D eigenvalue weighted by molar-refractivity contribution is 7.80. The first-order chi connectivity index (χ1) is 15.5. The van der Waals surface area contributed by atoms with Gasteiger partial charge in [-0.05, 0) is 73.4 Å². The van der Waals surface area contributed by atoms with E-state index in [1.54, 1.807) is 6.21 Å². The third-order valence-corrected chi connectivity index (χ3v) is 5.07. The second-order valence-electron chi connectivity index (χ2n) is 7.40. The molecule has 2 N–H and O–H groups in total. The molecule has 0 unspecified atom stereocenters. The van der Waals surface area contributed by atoms with E-state index < -0.39 is 0 Å². The molecule has 0 saturated carbocycles. The summed E-state index contributed by atoms with van der Waals surface area (Å²) >= 11 is 5.28. The number of rotatable bonds is 9. The zero-order valence-electron chi connectivity index (χ0n) is 18.7. The van der Waals surface area contributed by atoms with Crippen LogP contribution in [0, 0.1) is 13.8 Å². The maximum Gasteiger partial charge on any atom is 0.187 e. The van der Waals surface area contributed by atoms with Crippen LogP contribution in [0.1, 0.15) is 34.7 Å². The van der Waals surface area contributed by atoms with Crippen LogP contribution >= 0.6 is 12.2 Å². The molecule has 3 aromatic carbocycles. The van der Waals surface area contributed by atoms with E-state index in [0.717, 1.165) is 11.1 Å². The molecule has 3 aromatic rings. The first-order valence-corrected chi connectivity index (χ1v) is 11.0. The quantitative estimate of drug-likeness (QED) is 0.266. The highest BCUT2D eigenvalue weighted by atomic mass is 32.1. The van der Waals surface area contributed by atoms with Crippen LogP contribution in [0.25, 0.3) is 0 Å². The maximum absolute atomic E-state index is 6.07. The van der Waals surface area contributed by atoms with Gasteiger partial charge in [-0.1, -0.05) is 54.1 Å². The predicted molar refractivity (Wildman–Crippen MR) is 134 cm³/mol. The van der Waals surface area contributed by atoms with Crippen molar-refractivity contribution in [3.63, 3.8) is 0 Å². The minimum absolute atomic E-state index is 0.462. The molecule has 0 heterocycles. The van der Waals surface area contributed by atoms with Crippen molar-refractivity contribution in [1.29, 1.82) is 0 Å². The number of thiocarbonyl (C=S) groups is 1. The number of ether oxygens (including phenoxy) is 2. The number of nitrogens with one attached hydrogen (secondary N) is 2. The SMILES string of the molecule is CCOc1cc(/C=N\NC(=S)NCc2ccccc2)ccc1OCc1cc(C)ccc1C. The van der Waals surface area contributed by atoms with Crippen molar-refractivity contribution >= 4 is 23.5 Å². The van der Waals surface area contributed by atoms with Crippen LogP contribution in [0.3, 0.4) is 0 Å². The molecule has 5 nitrogen and oxygen atoms in total. The summed E-state index contributed by atoms with van der Waals surface area (Å²) in [6.07, 6.45) is 1.70. The highest BCUT2D eigenvalue weighted by Crippen LogP contribution is 2.29. The number of benzene rings is 3. The minimum atomic E-state index is 0.462. The molecule has 32 heavy (non-hydrogen) atoms. The molecule has 0 bridgehead atoms. The standard InChI is InChI=1S/C26H29N3O2S/c1-4-30-25-15-22(17-28-29-26(32)27-16-21-8-6-5-7-9-21)12-13-24(25)31-18-23-14-19(2)10-11-20(23)3/h5-15,17H,4,16,18H2,1-3H3,(H2,27,29,32)/b28-17-. The lowest BCUT2D eigenvalue weighted by Gasteiger charge is -2.14. The normalized spacial score (nSPS) is 10.7. The molecular formula is C26H29N3O2S. The van der Waals surface area contributed by atoms with Crippen molar-refractivity contribution in [1.82, 2.24) is 10.7 Å². The van der Waals surface area contributed by atoms with Gasteiger partial charge in [0.2, 0.25) is 0 Å². The number of hydrogen-bond donors (Lipinski definition) is 2. The highest BCUT2D eigenvalue weighted by Gasteiger charge is 2.08. The van der Waals surface area contributed by atoms with E-state index in [0.29, 0.717) is 36.4 Å². The molecule has 0 amide bonds. The summed E-state index contributed by atoms with van der Waals surface area (Å²) in [5.74, 6) is 1.39. The molecule has 0 aliphatic heterocycles. The van der Waals surface area contributed by atoms with Crippen molar-refractivity contribution in [2.45, 2.75) is 33.9 Å². The summed E-state index contributed by atoms with van der Waals surface area (Å²) in [5.41, 5.74) is 8.47. The number of hydrogen-bond acceptors (Lipinski definition) is 4. The summed E-state index contributed by atoms with van der Waals surface area (Å²) in [6.45, 7) is 7.81. The van der Waals surface area contributed by atoms with Gasteiger partial charge in [0.25, 0.3) is 0 Å². The number of nitrogens with zero attached hydrogens (tertiary/aromatic N) is 1. The lowest BCUT2D eigenvalue weighted by atomic mass is 10.1. The van der Waals surface area contributed by atoms with Gasteiger partial charge < -0.3 is 14.8 Å². The van der Waals surface area contributed by atoms with Gasteiger partial charge in [-0.25, -0.2) is 0 Å². The average Bonchev–Trinajstić information content (AvgIpc) is 2.80. The Bertz CT molecular complexity index is 1070. The van der Waals surface area contributed by atoms with Crippen LogP contribution in [0.2, 0.25) is 0 Å². The second kappa shape index (κ2) is 11.9. The Labute approximate surface area is 195 Å². The molecule has 0 aliphatic carbocycles. The van der Waals surface area contributed by atoms with Crippen molar-refractivity contribution in [2.75, 3.05) is 6.61 Å². The Morgan fingerprint density at radius 1 is 0.969 bits per heavy atom. The lowest BCUT2D eigenvalue weighted by molar-refractivity contribution is 0.269. The van der Waals surface area contributed by atoms with Crippen LogP contribution < -0.4 is 20.2 Å². The fourth-order valence-corrected chi connectivity index (χ4v) is 3.21. The molecule has 166 valence electrons. The molecule has 0 aromatic heterocycles. The van der Waals surface area contributed by atoms with Crippen LogP contribution in [-0.2, 0) is 13.2 Å². The van der Waals surface area contributed by atoms with E-state index in [4.69, 9.17) is 21.7 Å². The van der Waals surface area contributed by atoms with Gasteiger partial charge in [-0.15, -0.1) is 0 Å². The molecule has 0 spiro atoms. The lowest BCUT2D eigenvalue weighted by Crippen LogP contribution is -2.31. The Kier molecular flexibility index (Phi) is 8.63. The molecule has 0 fully saturated rings. The van der Waals surface area contributed by atoms with Gasteiger partial charge in [0.1, 0.15) is 6.61 Å². The summed E-state index contributed by atoms with van der Waals surface area (Å²) in [4.78, 5) is 0. The number of aryl methyl sites for hydroxylation is 2. The first-order valence-electron chi connectivity index (χ1n) is 10.6. The Hall–Kier alpha value is -3.38. The van der Waals surface area contributed by atoms with Gasteiger partial charge in [-0.2, -0.15) is 5.10 Å². The maximum atomic E-state index is 6.07. The van der Waals surface area contributed by atoms with E-state index in [9.17, 15) is 0 Å². The van der Waals surface area contributed by atoms with Crippen LogP contribution in [0.5, 0.6) is 11.5 Å². The van der Waals surface area contributed by atoms with E-state index >= 15 is 0 Å². The van der Waals surface area contributed by atoms with Crippen molar-refractivity contribution < 1.29 is 9.47 Å². The zero-order chi connectivity index (χ0) is 22.8. The minimum Gasteiger partial charge on any atom is -0.490 e. The van der Waals surface area contributed by atoms with Crippen LogP contribution in [0.15, 0.2) is 71.8 Å². The summed E-state index contributed by atoms with van der Waals surface area (Å²) in [7, 11) is 0. The van der Waals surface area contributed by atoms with Crippen molar-refractivity contribution in [3.8, 4) is 11.5 Å². The Morgan fingerprint density at radius 3 is 2.56 bits per heavy atom. The molecular weight excluding hydrogens is 418 g/mol. The Balaban J connectivity index is 1.58. The molecule has 0 atom stereocenters. The summed E-state index contributed by atoms with van der Waals surface area (Å²) < 4.78 is 11.9. The zero-order valence-corrected chi connectivity index (χ0v) is 19.5. The Morgan fingerprint density at radius 2 is 1.78 bits per heavy atom. The van der Waals surface area contributed by atoms with Crippen LogP contribution in [-0.4, -0.2) is 17.9 Å². The van der Waals surface area contributed by atoms with E-state index in [-0.39, 0.29) is 0 Å². The van der Waals surface area contributed by atoms with Gasteiger partial charge in [-0.3, -0.25) is 5.43 Å². The van der Waals surface area contributed by atoms with E-state index in [1.807, 2.05) is 55.5 Å². The topological polar surface area (TPSA) is 54.9 Å². The summed E-state index contributed by atoms with van der Waals surface area (Å²) in [6, 6.07) is 22.2.